The molecule has 3 aromatic carbocycles. The van der Waals surface area contributed by atoms with Crippen molar-refractivity contribution < 1.29 is 18.7 Å². The average molecular weight is 414 g/mol. The van der Waals surface area contributed by atoms with Gasteiger partial charge >= 0.3 is 0 Å². The second kappa shape index (κ2) is 8.75. The lowest BCUT2D eigenvalue weighted by molar-refractivity contribution is -0.116. The number of ether oxygens (including phenoxy) is 1. The number of amides is 2. The first-order valence-electron chi connectivity index (χ1n) is 9.83. The molecule has 156 valence electrons. The van der Waals surface area contributed by atoms with Crippen LogP contribution in [0.25, 0.3) is 22.1 Å². The molecular formula is C25H22N2O4. The van der Waals surface area contributed by atoms with Gasteiger partial charge in [-0.25, -0.2) is 0 Å². The summed E-state index contributed by atoms with van der Waals surface area (Å²) >= 11 is 0. The van der Waals surface area contributed by atoms with Crippen LogP contribution in [0.4, 0.5) is 5.69 Å². The van der Waals surface area contributed by atoms with Crippen LogP contribution in [-0.4, -0.2) is 37.4 Å². The Morgan fingerprint density at radius 1 is 0.968 bits per heavy atom. The van der Waals surface area contributed by atoms with E-state index in [2.05, 4.69) is 5.32 Å². The lowest BCUT2D eigenvalue weighted by Gasteiger charge is -2.16. The van der Waals surface area contributed by atoms with E-state index in [1.165, 1.54) is 4.90 Å². The summed E-state index contributed by atoms with van der Waals surface area (Å²) in [6.45, 7) is -0.109. The molecule has 1 aromatic heterocycles. The van der Waals surface area contributed by atoms with E-state index in [4.69, 9.17) is 9.15 Å². The first-order chi connectivity index (χ1) is 15.1. The fourth-order valence-electron chi connectivity index (χ4n) is 3.43. The van der Waals surface area contributed by atoms with Crippen LogP contribution in [0.3, 0.4) is 0 Å². The molecule has 1 heterocycles. The number of nitrogens with one attached hydrogen (secondary N) is 1. The summed E-state index contributed by atoms with van der Waals surface area (Å²) in [6, 6.07) is 24.1. The summed E-state index contributed by atoms with van der Waals surface area (Å²) in [6.07, 6.45) is 0. The third-order valence-electron chi connectivity index (χ3n) is 4.94. The summed E-state index contributed by atoms with van der Waals surface area (Å²) in [4.78, 5) is 27.0. The fraction of sp³-hybridized carbons (Fsp3) is 0.120. The molecule has 4 rings (SSSR count). The number of anilines is 1. The Labute approximate surface area is 180 Å². The molecule has 0 saturated heterocycles. The molecular weight excluding hydrogens is 392 g/mol. The van der Waals surface area contributed by atoms with Gasteiger partial charge in [-0.15, -0.1) is 0 Å². The smallest absolute Gasteiger partial charge is 0.290 e. The van der Waals surface area contributed by atoms with E-state index in [-0.39, 0.29) is 24.1 Å². The Morgan fingerprint density at radius 3 is 2.32 bits per heavy atom. The van der Waals surface area contributed by atoms with Gasteiger partial charge in [0.2, 0.25) is 11.7 Å². The van der Waals surface area contributed by atoms with Gasteiger partial charge in [-0.3, -0.25) is 9.59 Å². The Hall–Kier alpha value is -4.06. The van der Waals surface area contributed by atoms with E-state index in [9.17, 15) is 9.59 Å². The minimum absolute atomic E-state index is 0.109. The molecule has 0 bridgehead atoms. The van der Waals surface area contributed by atoms with Gasteiger partial charge in [0, 0.05) is 29.8 Å². The lowest BCUT2D eigenvalue weighted by Crippen LogP contribution is -2.35. The van der Waals surface area contributed by atoms with E-state index < -0.39 is 0 Å². The Kier molecular flexibility index (Phi) is 5.71. The third-order valence-corrected chi connectivity index (χ3v) is 4.94. The van der Waals surface area contributed by atoms with Crippen LogP contribution < -0.4 is 10.1 Å². The lowest BCUT2D eigenvalue weighted by atomic mass is 10.0. The van der Waals surface area contributed by atoms with Crippen LogP contribution in [0.2, 0.25) is 0 Å². The molecule has 0 unspecified atom stereocenters. The van der Waals surface area contributed by atoms with E-state index >= 15 is 0 Å². The zero-order chi connectivity index (χ0) is 21.8. The molecule has 0 radical (unpaired) electrons. The molecule has 6 nitrogen and oxygen atoms in total. The maximum atomic E-state index is 13.3. The highest BCUT2D eigenvalue weighted by Gasteiger charge is 2.25. The first kappa shape index (κ1) is 20.2. The van der Waals surface area contributed by atoms with E-state index in [0.717, 1.165) is 10.9 Å². The van der Waals surface area contributed by atoms with Gasteiger partial charge in [-0.2, -0.15) is 0 Å². The summed E-state index contributed by atoms with van der Waals surface area (Å²) in [5, 5.41) is 3.59. The zero-order valence-corrected chi connectivity index (χ0v) is 17.3. The number of hydrogen-bond donors (Lipinski definition) is 1. The minimum Gasteiger partial charge on any atom is -0.497 e. The highest BCUT2D eigenvalue weighted by atomic mass is 16.5. The molecule has 0 atom stereocenters. The molecule has 0 saturated carbocycles. The Balaban J connectivity index is 1.65. The summed E-state index contributed by atoms with van der Waals surface area (Å²) < 4.78 is 11.3. The number of carbonyl (C=O) groups is 2. The third kappa shape index (κ3) is 4.28. The quantitative estimate of drug-likeness (QED) is 0.491. The van der Waals surface area contributed by atoms with Crippen molar-refractivity contribution in [2.45, 2.75) is 0 Å². The second-order valence-corrected chi connectivity index (χ2v) is 7.11. The predicted molar refractivity (Wildman–Crippen MR) is 120 cm³/mol. The largest absolute Gasteiger partial charge is 0.497 e. The van der Waals surface area contributed by atoms with E-state index in [1.54, 1.807) is 32.4 Å². The van der Waals surface area contributed by atoms with Crippen LogP contribution in [0.1, 0.15) is 10.6 Å². The molecule has 31 heavy (non-hydrogen) atoms. The number of fused-ring (bicyclic) bond motifs is 1. The van der Waals surface area contributed by atoms with Gasteiger partial charge in [0.05, 0.1) is 13.7 Å². The fourth-order valence-corrected chi connectivity index (χ4v) is 3.43. The minimum atomic E-state index is -0.378. The number of hydrogen-bond acceptors (Lipinski definition) is 4. The second-order valence-electron chi connectivity index (χ2n) is 7.11. The number of nitrogens with zero attached hydrogens (tertiary/aromatic N) is 1. The topological polar surface area (TPSA) is 71.8 Å². The number of para-hydroxylation sites is 1. The normalized spacial score (nSPS) is 10.6. The molecule has 0 aliphatic heterocycles. The van der Waals surface area contributed by atoms with Gasteiger partial charge < -0.3 is 19.4 Å². The van der Waals surface area contributed by atoms with Crippen LogP contribution in [0.15, 0.2) is 83.3 Å². The van der Waals surface area contributed by atoms with Gasteiger partial charge in [0.1, 0.15) is 11.3 Å². The van der Waals surface area contributed by atoms with Crippen LogP contribution >= 0.6 is 0 Å². The Morgan fingerprint density at radius 2 is 1.65 bits per heavy atom. The molecule has 2 amide bonds. The Bertz CT molecular complexity index is 1220. The number of methoxy groups -OCH3 is 1. The van der Waals surface area contributed by atoms with Crippen LogP contribution in [0.5, 0.6) is 5.75 Å². The number of carbonyl (C=O) groups excluding carboxylic acids is 2. The van der Waals surface area contributed by atoms with Gasteiger partial charge in [0.15, 0.2) is 0 Å². The van der Waals surface area contributed by atoms with Crippen molar-refractivity contribution in [3.63, 3.8) is 0 Å². The summed E-state index contributed by atoms with van der Waals surface area (Å²) in [7, 11) is 3.16. The van der Waals surface area contributed by atoms with E-state index in [0.29, 0.717) is 22.6 Å². The summed E-state index contributed by atoms with van der Waals surface area (Å²) in [5.41, 5.74) is 2.77. The predicted octanol–water partition coefficient (Wildman–Crippen LogP) is 4.82. The number of likely N-dealkylation sites (N-methyl/N-ethyl adjacent to an activating group) is 1. The van der Waals surface area contributed by atoms with E-state index in [1.807, 2.05) is 60.7 Å². The molecule has 1 N–H and O–H groups in total. The maximum Gasteiger partial charge on any atom is 0.290 e. The van der Waals surface area contributed by atoms with Crippen LogP contribution in [-0.2, 0) is 4.79 Å². The molecule has 0 aliphatic carbocycles. The van der Waals surface area contributed by atoms with Gasteiger partial charge in [-0.1, -0.05) is 48.5 Å². The number of furan rings is 1. The SMILES string of the molecule is COc1ccc2c(-c3ccccc3)c(C(=O)N(C)CC(=O)Nc3ccccc3)oc2c1. The van der Waals surface area contributed by atoms with Gasteiger partial charge in [-0.05, 0) is 29.8 Å². The molecule has 0 aliphatic rings. The average Bonchev–Trinajstić information content (AvgIpc) is 3.18. The van der Waals surface area contributed by atoms with Crippen molar-refractivity contribution in [2.24, 2.45) is 0 Å². The highest BCUT2D eigenvalue weighted by Crippen LogP contribution is 2.37. The van der Waals surface area contributed by atoms with Crippen molar-refractivity contribution in [3.8, 4) is 16.9 Å². The molecule has 4 aromatic rings. The van der Waals surface area contributed by atoms with Crippen molar-refractivity contribution in [1.82, 2.24) is 4.90 Å². The zero-order valence-electron chi connectivity index (χ0n) is 17.3. The van der Waals surface area contributed by atoms with Gasteiger partial charge in [0.25, 0.3) is 5.91 Å². The van der Waals surface area contributed by atoms with Crippen molar-refractivity contribution >= 4 is 28.5 Å². The van der Waals surface area contributed by atoms with Crippen molar-refractivity contribution in [2.75, 3.05) is 26.0 Å². The summed E-state index contributed by atoms with van der Waals surface area (Å²) in [5.74, 6) is 0.151. The molecule has 0 spiro atoms. The highest BCUT2D eigenvalue weighted by molar-refractivity contribution is 6.09. The number of rotatable bonds is 6. The molecule has 0 fully saturated rings. The van der Waals surface area contributed by atoms with Crippen molar-refractivity contribution in [1.29, 1.82) is 0 Å². The molecule has 6 heteroatoms. The van der Waals surface area contributed by atoms with Crippen molar-refractivity contribution in [3.05, 3.63) is 84.6 Å². The standard InChI is InChI=1S/C25H22N2O4/c1-27(16-22(28)26-18-11-7-4-8-12-18)25(29)24-23(17-9-5-3-6-10-17)20-14-13-19(30-2)15-21(20)31-24/h3-15H,16H2,1-2H3,(H,26,28). The number of benzene rings is 3. The monoisotopic (exact) mass is 414 g/mol. The van der Waals surface area contributed by atoms with Crippen LogP contribution in [0, 0.1) is 0 Å². The first-order valence-corrected chi connectivity index (χ1v) is 9.83. The maximum absolute atomic E-state index is 13.3.